The van der Waals surface area contributed by atoms with Crippen molar-refractivity contribution in [2.45, 2.75) is 25.8 Å². The van der Waals surface area contributed by atoms with Crippen molar-refractivity contribution in [1.29, 1.82) is 0 Å². The summed E-state index contributed by atoms with van der Waals surface area (Å²) in [7, 11) is 1.49. The van der Waals surface area contributed by atoms with Crippen LogP contribution in [0.4, 0.5) is 0 Å². The third-order valence-corrected chi connectivity index (χ3v) is 4.40. The molecule has 20 heavy (non-hydrogen) atoms. The minimum absolute atomic E-state index is 0.0435. The van der Waals surface area contributed by atoms with Crippen LogP contribution >= 0.6 is 0 Å². The van der Waals surface area contributed by atoms with E-state index in [0.29, 0.717) is 0 Å². The molecule has 0 saturated carbocycles. The molecule has 3 heteroatoms. The standard InChI is InChI=1S/C17H21NO2/c1-20-17(19)14-7-8-15-11-18(12-16(15)9-14)10-13-5-3-2-4-6-13/h2-6,14H,7-12H2,1H3/t14-/m1/s1. The van der Waals surface area contributed by atoms with Crippen molar-refractivity contribution in [3.05, 3.63) is 47.0 Å². The largest absolute Gasteiger partial charge is 0.469 e. The molecule has 0 fully saturated rings. The second-order valence-electron chi connectivity index (χ2n) is 5.80. The maximum absolute atomic E-state index is 11.7. The van der Waals surface area contributed by atoms with Gasteiger partial charge >= 0.3 is 5.97 Å². The SMILES string of the molecule is COC(=O)[C@@H]1CCC2=C(C1)CN(Cc1ccccc1)C2. The van der Waals surface area contributed by atoms with E-state index in [4.69, 9.17) is 4.74 Å². The van der Waals surface area contributed by atoms with Gasteiger partial charge in [0, 0.05) is 19.6 Å². The van der Waals surface area contributed by atoms with Gasteiger partial charge in [0.1, 0.15) is 0 Å². The summed E-state index contributed by atoms with van der Waals surface area (Å²) >= 11 is 0. The maximum Gasteiger partial charge on any atom is 0.308 e. The molecule has 1 aromatic rings. The number of rotatable bonds is 3. The molecule has 1 aliphatic heterocycles. The second kappa shape index (κ2) is 5.80. The smallest absolute Gasteiger partial charge is 0.308 e. The molecular formula is C17H21NO2. The molecule has 2 aliphatic rings. The van der Waals surface area contributed by atoms with E-state index in [1.807, 2.05) is 0 Å². The summed E-state index contributed by atoms with van der Waals surface area (Å²) in [6, 6.07) is 10.6. The number of ether oxygens (including phenoxy) is 1. The number of nitrogens with zero attached hydrogens (tertiary/aromatic N) is 1. The van der Waals surface area contributed by atoms with Gasteiger partial charge in [0.2, 0.25) is 0 Å². The lowest BCUT2D eigenvalue weighted by atomic mass is 9.85. The van der Waals surface area contributed by atoms with Gasteiger partial charge in [-0.25, -0.2) is 0 Å². The first-order chi connectivity index (χ1) is 9.76. The molecule has 3 rings (SSSR count). The summed E-state index contributed by atoms with van der Waals surface area (Å²) in [5.74, 6) is 0.0356. The summed E-state index contributed by atoms with van der Waals surface area (Å²) in [6.07, 6.45) is 2.90. The molecule has 0 bridgehead atoms. The Morgan fingerprint density at radius 2 is 2.00 bits per heavy atom. The Balaban J connectivity index is 1.60. The van der Waals surface area contributed by atoms with Crippen LogP contribution in [0.1, 0.15) is 24.8 Å². The number of methoxy groups -OCH3 is 1. The number of benzene rings is 1. The summed E-state index contributed by atoms with van der Waals surface area (Å²) in [4.78, 5) is 14.1. The van der Waals surface area contributed by atoms with Crippen molar-refractivity contribution < 1.29 is 9.53 Å². The van der Waals surface area contributed by atoms with Gasteiger partial charge in [-0.05, 0) is 24.8 Å². The molecule has 1 atom stereocenters. The van der Waals surface area contributed by atoms with Crippen LogP contribution in [0, 0.1) is 5.92 Å². The van der Waals surface area contributed by atoms with Gasteiger partial charge < -0.3 is 4.74 Å². The summed E-state index contributed by atoms with van der Waals surface area (Å²) in [5, 5.41) is 0. The quantitative estimate of drug-likeness (QED) is 0.625. The highest BCUT2D eigenvalue weighted by atomic mass is 16.5. The second-order valence-corrected chi connectivity index (χ2v) is 5.80. The fraction of sp³-hybridized carbons (Fsp3) is 0.471. The number of hydrogen-bond donors (Lipinski definition) is 0. The zero-order chi connectivity index (χ0) is 13.9. The van der Waals surface area contributed by atoms with Crippen molar-refractivity contribution in [2.75, 3.05) is 20.2 Å². The lowest BCUT2D eigenvalue weighted by Crippen LogP contribution is -2.21. The average Bonchev–Trinajstić information content (AvgIpc) is 2.88. The Hall–Kier alpha value is -1.61. The predicted molar refractivity (Wildman–Crippen MR) is 78.1 cm³/mol. The van der Waals surface area contributed by atoms with Crippen LogP contribution in [0.2, 0.25) is 0 Å². The number of esters is 1. The molecule has 1 aromatic carbocycles. The lowest BCUT2D eigenvalue weighted by molar-refractivity contribution is -0.145. The van der Waals surface area contributed by atoms with Gasteiger partial charge in [-0.2, -0.15) is 0 Å². The molecule has 0 aromatic heterocycles. The van der Waals surface area contributed by atoms with Gasteiger partial charge in [-0.3, -0.25) is 9.69 Å². The highest BCUT2D eigenvalue weighted by Gasteiger charge is 2.31. The molecule has 0 radical (unpaired) electrons. The van der Waals surface area contributed by atoms with E-state index < -0.39 is 0 Å². The van der Waals surface area contributed by atoms with E-state index >= 15 is 0 Å². The molecule has 0 saturated heterocycles. The molecule has 0 unspecified atom stereocenters. The van der Waals surface area contributed by atoms with E-state index in [2.05, 4.69) is 35.2 Å². The average molecular weight is 271 g/mol. The molecule has 1 heterocycles. The monoisotopic (exact) mass is 271 g/mol. The van der Waals surface area contributed by atoms with Gasteiger partial charge in [0.15, 0.2) is 0 Å². The fourth-order valence-electron chi connectivity index (χ4n) is 3.35. The third kappa shape index (κ3) is 2.78. The molecular weight excluding hydrogens is 250 g/mol. The van der Waals surface area contributed by atoms with Crippen molar-refractivity contribution >= 4 is 5.97 Å². The van der Waals surface area contributed by atoms with Gasteiger partial charge in [0.05, 0.1) is 13.0 Å². The normalized spacial score (nSPS) is 22.8. The summed E-state index contributed by atoms with van der Waals surface area (Å²) in [5.41, 5.74) is 4.39. The van der Waals surface area contributed by atoms with E-state index in [-0.39, 0.29) is 11.9 Å². The van der Waals surface area contributed by atoms with Crippen LogP contribution in [0.15, 0.2) is 41.5 Å². The molecule has 0 spiro atoms. The van der Waals surface area contributed by atoms with Crippen molar-refractivity contribution in [2.24, 2.45) is 5.92 Å². The fourth-order valence-corrected chi connectivity index (χ4v) is 3.35. The van der Waals surface area contributed by atoms with Gasteiger partial charge in [-0.15, -0.1) is 0 Å². The Morgan fingerprint density at radius 1 is 1.25 bits per heavy atom. The van der Waals surface area contributed by atoms with Gasteiger partial charge in [0.25, 0.3) is 0 Å². The minimum atomic E-state index is -0.0435. The summed E-state index contributed by atoms with van der Waals surface area (Å²) < 4.78 is 4.89. The topological polar surface area (TPSA) is 29.5 Å². The number of hydrogen-bond acceptors (Lipinski definition) is 3. The Kier molecular flexibility index (Phi) is 3.88. The van der Waals surface area contributed by atoms with Crippen molar-refractivity contribution in [3.63, 3.8) is 0 Å². The zero-order valence-corrected chi connectivity index (χ0v) is 12.0. The van der Waals surface area contributed by atoms with E-state index in [9.17, 15) is 4.79 Å². The van der Waals surface area contributed by atoms with Crippen molar-refractivity contribution in [1.82, 2.24) is 4.90 Å². The molecule has 106 valence electrons. The molecule has 3 nitrogen and oxygen atoms in total. The zero-order valence-electron chi connectivity index (χ0n) is 12.0. The Labute approximate surface area is 120 Å². The molecule has 0 amide bonds. The van der Waals surface area contributed by atoms with E-state index in [1.54, 1.807) is 5.57 Å². The maximum atomic E-state index is 11.7. The Morgan fingerprint density at radius 3 is 2.75 bits per heavy atom. The first kappa shape index (κ1) is 13.4. The molecule has 1 aliphatic carbocycles. The third-order valence-electron chi connectivity index (χ3n) is 4.40. The predicted octanol–water partition coefficient (Wildman–Crippen LogP) is 2.77. The van der Waals surface area contributed by atoms with Crippen LogP contribution in [-0.2, 0) is 16.1 Å². The van der Waals surface area contributed by atoms with E-state index in [0.717, 1.165) is 38.9 Å². The summed E-state index contributed by atoms with van der Waals surface area (Å²) in [6.45, 7) is 3.08. The van der Waals surface area contributed by atoms with Crippen LogP contribution < -0.4 is 0 Å². The van der Waals surface area contributed by atoms with Crippen LogP contribution in [0.3, 0.4) is 0 Å². The number of carbonyl (C=O) groups excluding carboxylic acids is 1. The first-order valence-electron chi connectivity index (χ1n) is 7.30. The molecule has 0 N–H and O–H groups in total. The van der Waals surface area contributed by atoms with Crippen LogP contribution in [-0.4, -0.2) is 31.1 Å². The highest BCUT2D eigenvalue weighted by molar-refractivity contribution is 5.73. The minimum Gasteiger partial charge on any atom is -0.469 e. The Bertz CT molecular complexity index is 521. The first-order valence-corrected chi connectivity index (χ1v) is 7.30. The van der Waals surface area contributed by atoms with Gasteiger partial charge in [-0.1, -0.05) is 41.5 Å². The lowest BCUT2D eigenvalue weighted by Gasteiger charge is -2.21. The van der Waals surface area contributed by atoms with E-state index in [1.165, 1.54) is 18.2 Å². The van der Waals surface area contributed by atoms with Crippen molar-refractivity contribution in [3.8, 4) is 0 Å². The van der Waals surface area contributed by atoms with Crippen LogP contribution in [0.5, 0.6) is 0 Å². The van der Waals surface area contributed by atoms with Crippen LogP contribution in [0.25, 0.3) is 0 Å². The highest BCUT2D eigenvalue weighted by Crippen LogP contribution is 2.35. The number of carbonyl (C=O) groups is 1.